The van der Waals surface area contributed by atoms with E-state index in [0.717, 1.165) is 0 Å². The number of nitrogens with one attached hydrogen (secondary N) is 1. The van der Waals surface area contributed by atoms with E-state index in [0.29, 0.717) is 10.6 Å². The molecule has 1 rings (SSSR count). The van der Waals surface area contributed by atoms with E-state index in [1.807, 2.05) is 0 Å². The lowest BCUT2D eigenvalue weighted by Crippen LogP contribution is -2.10. The fraction of sp³-hybridized carbons (Fsp3) is 0.176. The molecule has 0 atom stereocenters. The molecule has 1 N–H and O–H groups in total. The molecule has 0 fully saturated rings. The third-order valence-corrected chi connectivity index (χ3v) is 3.28. The van der Waals surface area contributed by atoms with Crippen molar-refractivity contribution < 1.29 is 19.1 Å². The molecule has 0 unspecified atom stereocenters. The van der Waals surface area contributed by atoms with Crippen molar-refractivity contribution in [3.05, 3.63) is 58.8 Å². The van der Waals surface area contributed by atoms with Crippen LogP contribution in [0, 0.1) is 0 Å². The van der Waals surface area contributed by atoms with Crippen molar-refractivity contribution in [2.24, 2.45) is 0 Å². The molecule has 7 heteroatoms. The molecule has 24 heavy (non-hydrogen) atoms. The van der Waals surface area contributed by atoms with Crippen molar-refractivity contribution in [2.75, 3.05) is 12.4 Å². The molecule has 0 aliphatic carbocycles. The minimum atomic E-state index is -0.461. The van der Waals surface area contributed by atoms with E-state index in [-0.39, 0.29) is 34.5 Å². The van der Waals surface area contributed by atoms with Crippen molar-refractivity contribution in [2.45, 2.75) is 13.3 Å². The highest BCUT2D eigenvalue weighted by Gasteiger charge is 2.17. The number of allylic oxidation sites excluding steroid dienone is 3. The molecule has 0 spiro atoms. The smallest absolute Gasteiger partial charge is 0.310 e. The molecule has 128 valence electrons. The van der Waals surface area contributed by atoms with Crippen molar-refractivity contribution in [3.63, 3.8) is 0 Å². The maximum Gasteiger partial charge on any atom is 0.310 e. The number of benzene rings is 1. The van der Waals surface area contributed by atoms with Crippen LogP contribution in [0.5, 0.6) is 5.75 Å². The first kappa shape index (κ1) is 19.8. The molecule has 1 amide bonds. The van der Waals surface area contributed by atoms with Crippen LogP contribution in [0.1, 0.15) is 13.3 Å². The first-order chi connectivity index (χ1) is 11.3. The summed E-state index contributed by atoms with van der Waals surface area (Å²) in [5.41, 5.74) is 0.744. The highest BCUT2D eigenvalue weighted by Crippen LogP contribution is 2.38. The maximum atomic E-state index is 11.5. The number of ether oxygens (including phenoxy) is 2. The number of hydrogen-bond acceptors (Lipinski definition) is 4. The molecule has 5 nitrogen and oxygen atoms in total. The van der Waals surface area contributed by atoms with Gasteiger partial charge in [0.25, 0.3) is 0 Å². The Balaban J connectivity index is 3.16. The fourth-order valence-electron chi connectivity index (χ4n) is 1.76. The van der Waals surface area contributed by atoms with Gasteiger partial charge in [-0.05, 0) is 12.1 Å². The zero-order valence-electron chi connectivity index (χ0n) is 13.3. The number of amides is 1. The van der Waals surface area contributed by atoms with E-state index < -0.39 is 5.97 Å². The molecule has 0 aliphatic heterocycles. The molecule has 0 heterocycles. The number of methoxy groups -OCH3 is 1. The Kier molecular flexibility index (Phi) is 7.55. The average Bonchev–Trinajstić information content (AvgIpc) is 2.49. The maximum absolute atomic E-state index is 11.5. The van der Waals surface area contributed by atoms with E-state index in [4.69, 9.17) is 27.9 Å². The zero-order chi connectivity index (χ0) is 18.3. The first-order valence-corrected chi connectivity index (χ1v) is 7.56. The molecule has 1 aromatic carbocycles. The van der Waals surface area contributed by atoms with Gasteiger partial charge in [-0.15, -0.1) is 0 Å². The van der Waals surface area contributed by atoms with E-state index in [9.17, 15) is 9.59 Å². The third-order valence-electron chi connectivity index (χ3n) is 2.78. The minimum Gasteiger partial charge on any atom is -0.469 e. The second kappa shape index (κ2) is 9.15. The number of carbonyl (C=O) groups is 2. The second-order valence-electron chi connectivity index (χ2n) is 4.65. The van der Waals surface area contributed by atoms with Gasteiger partial charge in [0.1, 0.15) is 5.76 Å². The number of halogens is 2. The van der Waals surface area contributed by atoms with Crippen LogP contribution in [0.4, 0.5) is 5.69 Å². The quantitative estimate of drug-likeness (QED) is 0.435. The van der Waals surface area contributed by atoms with Crippen molar-refractivity contribution in [1.82, 2.24) is 0 Å². The van der Waals surface area contributed by atoms with Crippen molar-refractivity contribution in [1.29, 1.82) is 0 Å². The number of carbonyl (C=O) groups excluding carboxylic acids is 2. The number of anilines is 1. The average molecular weight is 370 g/mol. The van der Waals surface area contributed by atoms with E-state index in [1.165, 1.54) is 32.2 Å². The topological polar surface area (TPSA) is 64.6 Å². The summed E-state index contributed by atoms with van der Waals surface area (Å²) in [6, 6.07) is 2.96. The van der Waals surface area contributed by atoms with E-state index in [1.54, 1.807) is 6.08 Å². The van der Waals surface area contributed by atoms with Crippen LogP contribution >= 0.6 is 23.2 Å². The van der Waals surface area contributed by atoms with Gasteiger partial charge in [-0.1, -0.05) is 48.5 Å². The van der Waals surface area contributed by atoms with Gasteiger partial charge in [0.2, 0.25) is 5.91 Å². The van der Waals surface area contributed by atoms with E-state index in [2.05, 4.69) is 23.2 Å². The lowest BCUT2D eigenvalue weighted by molar-refractivity contribution is -0.139. The van der Waals surface area contributed by atoms with Gasteiger partial charge in [-0.25, -0.2) is 0 Å². The second-order valence-corrected chi connectivity index (χ2v) is 5.49. The van der Waals surface area contributed by atoms with Crippen LogP contribution in [-0.2, 0) is 14.3 Å². The lowest BCUT2D eigenvalue weighted by atomic mass is 10.1. The van der Waals surface area contributed by atoms with Crippen LogP contribution in [0.15, 0.2) is 48.8 Å². The van der Waals surface area contributed by atoms with Crippen LogP contribution in [-0.4, -0.2) is 19.0 Å². The molecule has 0 radical (unpaired) electrons. The van der Waals surface area contributed by atoms with Gasteiger partial charge in [0.15, 0.2) is 5.75 Å². The van der Waals surface area contributed by atoms with Crippen LogP contribution in [0.2, 0.25) is 10.0 Å². The number of esters is 1. The van der Waals surface area contributed by atoms with Gasteiger partial charge in [0, 0.05) is 17.5 Å². The summed E-state index contributed by atoms with van der Waals surface area (Å²) in [6.45, 7) is 8.71. The number of rotatable bonds is 7. The Morgan fingerprint density at radius 3 is 2.54 bits per heavy atom. The Bertz CT molecular complexity index is 711. The lowest BCUT2D eigenvalue weighted by Gasteiger charge is -2.16. The van der Waals surface area contributed by atoms with Crippen LogP contribution in [0.3, 0.4) is 0 Å². The van der Waals surface area contributed by atoms with Gasteiger partial charge in [-0.3, -0.25) is 9.59 Å². The molecular formula is C17H17Cl2NO4. The van der Waals surface area contributed by atoms with Crippen molar-refractivity contribution in [3.8, 4) is 5.75 Å². The summed E-state index contributed by atoms with van der Waals surface area (Å²) in [7, 11) is 1.28. The van der Waals surface area contributed by atoms with Gasteiger partial charge in [-0.2, -0.15) is 0 Å². The molecule has 0 aromatic heterocycles. The fourth-order valence-corrected chi connectivity index (χ4v) is 2.29. The molecule has 0 saturated heterocycles. The standard InChI is InChI=1S/C17H17Cl2NO4/c1-5-6-12(7-16(22)23-4)10(2)24-17-14(19)8-13(18)9-15(17)20-11(3)21/h5-6,8-9H,1-2,7H2,3-4H3,(H,20,21)/b12-6-. The highest BCUT2D eigenvalue weighted by atomic mass is 35.5. The van der Waals surface area contributed by atoms with Gasteiger partial charge < -0.3 is 14.8 Å². The molecular weight excluding hydrogens is 353 g/mol. The zero-order valence-corrected chi connectivity index (χ0v) is 14.8. The summed E-state index contributed by atoms with van der Waals surface area (Å²) in [5.74, 6) is -0.449. The molecule has 0 aliphatic rings. The van der Waals surface area contributed by atoms with Gasteiger partial charge >= 0.3 is 5.97 Å². The number of hydrogen-bond donors (Lipinski definition) is 1. The predicted octanol–water partition coefficient (Wildman–Crippen LogP) is 4.52. The predicted molar refractivity (Wildman–Crippen MR) is 95.4 cm³/mol. The van der Waals surface area contributed by atoms with Crippen LogP contribution in [0.25, 0.3) is 0 Å². The Labute approximate surface area is 150 Å². The van der Waals surface area contributed by atoms with Crippen LogP contribution < -0.4 is 10.1 Å². The normalized spacial score (nSPS) is 10.8. The van der Waals surface area contributed by atoms with Gasteiger partial charge in [0.05, 0.1) is 24.2 Å². The third kappa shape index (κ3) is 5.76. The SMILES string of the molecule is C=C/C=C(/CC(=O)OC)C(=C)Oc1c(Cl)cc(Cl)cc1NC(C)=O. The monoisotopic (exact) mass is 369 g/mol. The molecule has 0 saturated carbocycles. The Morgan fingerprint density at radius 2 is 2.00 bits per heavy atom. The minimum absolute atomic E-state index is 0.0535. The Morgan fingerprint density at radius 1 is 1.33 bits per heavy atom. The summed E-state index contributed by atoms with van der Waals surface area (Å²) >= 11 is 12.1. The van der Waals surface area contributed by atoms with Crippen molar-refractivity contribution >= 4 is 40.8 Å². The summed E-state index contributed by atoms with van der Waals surface area (Å²) < 4.78 is 10.3. The Hall–Kier alpha value is -2.24. The van der Waals surface area contributed by atoms with E-state index >= 15 is 0 Å². The largest absolute Gasteiger partial charge is 0.469 e. The summed E-state index contributed by atoms with van der Waals surface area (Å²) in [4.78, 5) is 22.8. The molecule has 0 bridgehead atoms. The summed E-state index contributed by atoms with van der Waals surface area (Å²) in [5, 5.41) is 3.09. The first-order valence-electron chi connectivity index (χ1n) is 6.80. The molecule has 1 aromatic rings. The highest BCUT2D eigenvalue weighted by molar-refractivity contribution is 6.36. The summed E-state index contributed by atoms with van der Waals surface area (Å²) in [6.07, 6.45) is 3.01.